The molecule has 4 rings (SSSR count). The Hall–Kier alpha value is -2.98. The third kappa shape index (κ3) is 5.39. The van der Waals surface area contributed by atoms with E-state index in [4.69, 9.17) is 9.15 Å². The van der Waals surface area contributed by atoms with Crippen LogP contribution in [0.2, 0.25) is 0 Å². The molecular formula is C21H19FN4O3S2. The molecule has 0 spiro atoms. The van der Waals surface area contributed by atoms with Gasteiger partial charge in [0, 0.05) is 7.05 Å². The van der Waals surface area contributed by atoms with E-state index in [2.05, 4.69) is 15.2 Å². The first-order valence-electron chi connectivity index (χ1n) is 9.45. The van der Waals surface area contributed by atoms with Crippen molar-refractivity contribution in [3.05, 3.63) is 65.2 Å². The topological polar surface area (TPSA) is 81.4 Å². The zero-order chi connectivity index (χ0) is 21.8. The highest BCUT2D eigenvalue weighted by atomic mass is 32.2. The van der Waals surface area contributed by atoms with Crippen molar-refractivity contribution < 1.29 is 18.3 Å². The molecule has 0 fully saturated rings. The van der Waals surface area contributed by atoms with E-state index in [1.54, 1.807) is 30.2 Å². The molecule has 10 heteroatoms. The molecule has 0 radical (unpaired) electrons. The number of rotatable bonds is 8. The van der Waals surface area contributed by atoms with Gasteiger partial charge in [-0.2, -0.15) is 0 Å². The predicted octanol–water partition coefficient (Wildman–Crippen LogP) is 4.71. The SMILES string of the molecule is C[C@@H](Oc1ccc(F)cc1)c1nnc(SCC(=O)N(C)Cc2nc3ccccc3s2)o1. The van der Waals surface area contributed by atoms with E-state index < -0.39 is 6.10 Å². The Balaban J connectivity index is 1.29. The monoisotopic (exact) mass is 458 g/mol. The van der Waals surface area contributed by atoms with Crippen molar-refractivity contribution in [2.45, 2.75) is 24.8 Å². The molecule has 2 heterocycles. The van der Waals surface area contributed by atoms with Crippen LogP contribution in [0, 0.1) is 5.82 Å². The van der Waals surface area contributed by atoms with Crippen molar-refractivity contribution in [3.8, 4) is 5.75 Å². The molecule has 0 aliphatic heterocycles. The quantitative estimate of drug-likeness (QED) is 0.354. The van der Waals surface area contributed by atoms with Crippen molar-refractivity contribution in [3.63, 3.8) is 0 Å². The summed E-state index contributed by atoms with van der Waals surface area (Å²) < 4.78 is 25.4. The lowest BCUT2D eigenvalue weighted by Crippen LogP contribution is -2.27. The number of halogens is 1. The molecule has 1 atom stereocenters. The second kappa shape index (κ2) is 9.44. The van der Waals surface area contributed by atoms with Gasteiger partial charge in [-0.25, -0.2) is 9.37 Å². The van der Waals surface area contributed by atoms with Crippen molar-refractivity contribution in [2.75, 3.05) is 12.8 Å². The van der Waals surface area contributed by atoms with Gasteiger partial charge >= 0.3 is 0 Å². The number of thiazole rings is 1. The van der Waals surface area contributed by atoms with Gasteiger partial charge in [-0.15, -0.1) is 21.5 Å². The molecule has 0 saturated heterocycles. The molecule has 1 amide bonds. The first kappa shape index (κ1) is 21.3. The molecule has 31 heavy (non-hydrogen) atoms. The summed E-state index contributed by atoms with van der Waals surface area (Å²) in [7, 11) is 1.74. The third-order valence-corrected chi connectivity index (χ3v) is 6.18. The number of hydrogen-bond donors (Lipinski definition) is 0. The summed E-state index contributed by atoms with van der Waals surface area (Å²) in [6.45, 7) is 2.19. The van der Waals surface area contributed by atoms with E-state index in [1.165, 1.54) is 36.0 Å². The minimum absolute atomic E-state index is 0.0698. The fraction of sp³-hybridized carbons (Fsp3) is 0.238. The van der Waals surface area contributed by atoms with Crippen LogP contribution in [0.15, 0.2) is 58.2 Å². The van der Waals surface area contributed by atoms with Crippen LogP contribution in [0.3, 0.4) is 0 Å². The van der Waals surface area contributed by atoms with Gasteiger partial charge < -0.3 is 14.1 Å². The van der Waals surface area contributed by atoms with E-state index >= 15 is 0 Å². The van der Waals surface area contributed by atoms with Crippen molar-refractivity contribution in [1.29, 1.82) is 0 Å². The van der Waals surface area contributed by atoms with Crippen LogP contribution < -0.4 is 4.74 Å². The molecule has 0 bridgehead atoms. The van der Waals surface area contributed by atoms with Gasteiger partial charge in [0.1, 0.15) is 16.6 Å². The van der Waals surface area contributed by atoms with Crippen molar-refractivity contribution in [1.82, 2.24) is 20.1 Å². The van der Waals surface area contributed by atoms with Gasteiger partial charge in [-0.3, -0.25) is 4.79 Å². The fourth-order valence-corrected chi connectivity index (χ4v) is 4.45. The largest absolute Gasteiger partial charge is 0.481 e. The summed E-state index contributed by atoms with van der Waals surface area (Å²) >= 11 is 2.74. The van der Waals surface area contributed by atoms with Gasteiger partial charge in [0.15, 0.2) is 6.10 Å². The maximum absolute atomic E-state index is 13.0. The number of amides is 1. The highest BCUT2D eigenvalue weighted by Crippen LogP contribution is 2.25. The molecule has 0 N–H and O–H groups in total. The normalized spacial score (nSPS) is 12.1. The number of carbonyl (C=O) groups is 1. The van der Waals surface area contributed by atoms with Crippen LogP contribution in [-0.2, 0) is 11.3 Å². The molecule has 0 aliphatic carbocycles. The Bertz CT molecular complexity index is 1150. The number of nitrogens with zero attached hydrogens (tertiary/aromatic N) is 4. The minimum Gasteiger partial charge on any atom is -0.481 e. The predicted molar refractivity (Wildman–Crippen MR) is 117 cm³/mol. The molecule has 4 aromatic rings. The Morgan fingerprint density at radius 2 is 2.00 bits per heavy atom. The molecule has 0 unspecified atom stereocenters. The third-order valence-electron chi connectivity index (χ3n) is 4.35. The van der Waals surface area contributed by atoms with Gasteiger partial charge in [0.05, 0.1) is 22.5 Å². The maximum Gasteiger partial charge on any atom is 0.277 e. The number of hydrogen-bond acceptors (Lipinski definition) is 8. The number of para-hydroxylation sites is 1. The number of ether oxygens (including phenoxy) is 1. The standard InChI is InChI=1S/C21H19FN4O3S2/c1-13(28-15-9-7-14(22)8-10-15)20-24-25-21(29-20)30-12-19(27)26(2)11-18-23-16-5-3-4-6-17(16)31-18/h3-10,13H,11-12H2,1-2H3/t13-/m1/s1. The zero-order valence-electron chi connectivity index (χ0n) is 16.8. The molecule has 160 valence electrons. The summed E-state index contributed by atoms with van der Waals surface area (Å²) in [4.78, 5) is 18.7. The van der Waals surface area contributed by atoms with Crippen molar-refractivity contribution >= 4 is 39.2 Å². The molecule has 2 aromatic carbocycles. The lowest BCUT2D eigenvalue weighted by atomic mass is 10.3. The van der Waals surface area contributed by atoms with Crippen LogP contribution >= 0.6 is 23.1 Å². The van der Waals surface area contributed by atoms with E-state index in [0.717, 1.165) is 15.2 Å². The summed E-state index contributed by atoms with van der Waals surface area (Å²) in [6.07, 6.45) is -0.510. The number of aromatic nitrogens is 3. The van der Waals surface area contributed by atoms with Gasteiger partial charge in [0.2, 0.25) is 5.91 Å². The minimum atomic E-state index is -0.510. The summed E-state index contributed by atoms with van der Waals surface area (Å²) in [6, 6.07) is 13.6. The molecule has 0 aliphatic rings. The second-order valence-corrected chi connectivity index (χ2v) is 8.78. The van der Waals surface area contributed by atoms with E-state index in [9.17, 15) is 9.18 Å². The lowest BCUT2D eigenvalue weighted by molar-refractivity contribution is -0.127. The van der Waals surface area contributed by atoms with Crippen LogP contribution in [0.25, 0.3) is 10.2 Å². The molecule has 0 saturated carbocycles. The number of carbonyl (C=O) groups excluding carboxylic acids is 1. The van der Waals surface area contributed by atoms with Crippen molar-refractivity contribution in [2.24, 2.45) is 0 Å². The first-order valence-corrected chi connectivity index (χ1v) is 11.2. The van der Waals surface area contributed by atoms with E-state index in [-0.39, 0.29) is 28.6 Å². The number of fused-ring (bicyclic) bond motifs is 1. The average molecular weight is 459 g/mol. The lowest BCUT2D eigenvalue weighted by Gasteiger charge is -2.14. The van der Waals surface area contributed by atoms with Gasteiger partial charge in [0.25, 0.3) is 11.1 Å². The highest BCUT2D eigenvalue weighted by molar-refractivity contribution is 7.99. The second-order valence-electron chi connectivity index (χ2n) is 6.73. The maximum atomic E-state index is 13.0. The Morgan fingerprint density at radius 3 is 2.77 bits per heavy atom. The smallest absolute Gasteiger partial charge is 0.277 e. The number of thioether (sulfide) groups is 1. The van der Waals surface area contributed by atoms with Crippen LogP contribution in [0.1, 0.15) is 23.9 Å². The molecule has 2 aromatic heterocycles. The van der Waals surface area contributed by atoms with E-state index in [0.29, 0.717) is 12.3 Å². The Labute approximate surface area is 186 Å². The summed E-state index contributed by atoms with van der Waals surface area (Å²) in [5, 5.41) is 9.10. The van der Waals surface area contributed by atoms with E-state index in [1.807, 2.05) is 24.3 Å². The Kier molecular flexibility index (Phi) is 6.47. The van der Waals surface area contributed by atoms with Crippen LogP contribution in [-0.4, -0.2) is 38.8 Å². The highest BCUT2D eigenvalue weighted by Gasteiger charge is 2.18. The Morgan fingerprint density at radius 1 is 1.23 bits per heavy atom. The molecule has 7 nitrogen and oxygen atoms in total. The zero-order valence-corrected chi connectivity index (χ0v) is 18.5. The summed E-state index contributed by atoms with van der Waals surface area (Å²) in [5.41, 5.74) is 0.938. The van der Waals surface area contributed by atoms with Crippen LogP contribution in [0.5, 0.6) is 5.75 Å². The average Bonchev–Trinajstić information content (AvgIpc) is 3.40. The van der Waals surface area contributed by atoms with Crippen LogP contribution in [0.4, 0.5) is 4.39 Å². The fourth-order valence-electron chi connectivity index (χ4n) is 2.72. The van der Waals surface area contributed by atoms with Gasteiger partial charge in [-0.1, -0.05) is 23.9 Å². The van der Waals surface area contributed by atoms with Gasteiger partial charge in [-0.05, 0) is 43.3 Å². The number of benzene rings is 2. The summed E-state index contributed by atoms with van der Waals surface area (Å²) in [5.74, 6) is 0.528. The first-order chi connectivity index (χ1) is 15.0. The molecular weight excluding hydrogens is 439 g/mol.